The lowest BCUT2D eigenvalue weighted by Crippen LogP contribution is -2.47. The zero-order chi connectivity index (χ0) is 15.3. The molecule has 0 unspecified atom stereocenters. The third kappa shape index (κ3) is 4.53. The van der Waals surface area contributed by atoms with Gasteiger partial charge in [-0.05, 0) is 51.0 Å². The maximum Gasteiger partial charge on any atom is 0.223 e. The van der Waals surface area contributed by atoms with E-state index in [9.17, 15) is 9.90 Å². The van der Waals surface area contributed by atoms with Gasteiger partial charge < -0.3 is 10.0 Å². The minimum Gasteiger partial charge on any atom is -0.394 e. The predicted octanol–water partition coefficient (Wildman–Crippen LogP) is 3.01. The molecule has 1 aromatic carbocycles. The van der Waals surface area contributed by atoms with Gasteiger partial charge in [-0.15, -0.1) is 11.8 Å². The summed E-state index contributed by atoms with van der Waals surface area (Å²) in [4.78, 5) is 14.9. The van der Waals surface area contributed by atoms with Gasteiger partial charge in [0, 0.05) is 24.1 Å². The summed E-state index contributed by atoms with van der Waals surface area (Å²) in [6.07, 6.45) is 0.484. The molecular formula is C16H25NO2S. The first-order chi connectivity index (χ1) is 9.27. The van der Waals surface area contributed by atoms with Gasteiger partial charge in [0.1, 0.15) is 0 Å². The molecule has 112 valence electrons. The summed E-state index contributed by atoms with van der Waals surface area (Å²) in [5.41, 5.74) is 2.07. The van der Waals surface area contributed by atoms with Gasteiger partial charge in [-0.25, -0.2) is 0 Å². The summed E-state index contributed by atoms with van der Waals surface area (Å²) in [6, 6.07) is 6.37. The van der Waals surface area contributed by atoms with Gasteiger partial charge in [-0.1, -0.05) is 6.07 Å². The lowest BCUT2D eigenvalue weighted by atomic mass is 10.1. The molecule has 3 nitrogen and oxygen atoms in total. The quantitative estimate of drug-likeness (QED) is 0.820. The molecule has 0 radical (unpaired) electrons. The number of aliphatic hydroxyl groups is 1. The molecule has 0 saturated carbocycles. The van der Waals surface area contributed by atoms with Crippen LogP contribution in [0.1, 0.15) is 31.4 Å². The number of benzene rings is 1. The fraction of sp³-hybridized carbons (Fsp3) is 0.562. The largest absolute Gasteiger partial charge is 0.394 e. The average molecular weight is 295 g/mol. The lowest BCUT2D eigenvalue weighted by molar-refractivity contribution is -0.135. The van der Waals surface area contributed by atoms with Crippen LogP contribution in [0.4, 0.5) is 0 Å². The molecule has 0 heterocycles. The first-order valence-corrected chi connectivity index (χ1v) is 7.84. The Balaban J connectivity index is 2.48. The molecule has 0 aliphatic carbocycles. The van der Waals surface area contributed by atoms with Crippen molar-refractivity contribution in [2.24, 2.45) is 0 Å². The number of nitrogens with zero attached hydrogens (tertiary/aromatic N) is 1. The highest BCUT2D eigenvalue weighted by Gasteiger charge is 2.26. The van der Waals surface area contributed by atoms with E-state index in [1.807, 2.05) is 13.8 Å². The summed E-state index contributed by atoms with van der Waals surface area (Å²) in [6.45, 7) is 7.89. The van der Waals surface area contributed by atoms with Crippen LogP contribution >= 0.6 is 11.8 Å². The van der Waals surface area contributed by atoms with Crippen molar-refractivity contribution < 1.29 is 9.90 Å². The van der Waals surface area contributed by atoms with Gasteiger partial charge in [0.05, 0.1) is 12.1 Å². The highest BCUT2D eigenvalue weighted by Crippen LogP contribution is 2.22. The zero-order valence-electron chi connectivity index (χ0n) is 13.1. The van der Waals surface area contributed by atoms with E-state index in [-0.39, 0.29) is 12.5 Å². The van der Waals surface area contributed by atoms with Crippen molar-refractivity contribution in [3.05, 3.63) is 29.3 Å². The Labute approximate surface area is 126 Å². The second kappa shape index (κ2) is 7.14. The van der Waals surface area contributed by atoms with Crippen molar-refractivity contribution in [3.8, 4) is 0 Å². The Morgan fingerprint density at radius 2 is 1.95 bits per heavy atom. The second-order valence-electron chi connectivity index (χ2n) is 5.77. The van der Waals surface area contributed by atoms with Gasteiger partial charge in [-0.3, -0.25) is 4.79 Å². The van der Waals surface area contributed by atoms with Gasteiger partial charge in [0.2, 0.25) is 5.91 Å². The van der Waals surface area contributed by atoms with E-state index in [1.165, 1.54) is 16.0 Å². The van der Waals surface area contributed by atoms with Crippen LogP contribution in [0.25, 0.3) is 0 Å². The molecule has 1 amide bonds. The number of aliphatic hydroxyl groups excluding tert-OH is 1. The smallest absolute Gasteiger partial charge is 0.223 e. The summed E-state index contributed by atoms with van der Waals surface area (Å²) in [5.74, 6) is 0.827. The molecule has 4 heteroatoms. The second-order valence-corrected chi connectivity index (χ2v) is 6.94. The number of carbonyl (C=O) groups is 1. The molecule has 0 aliphatic rings. The molecule has 1 rings (SSSR count). The summed E-state index contributed by atoms with van der Waals surface area (Å²) in [5, 5.41) is 9.27. The summed E-state index contributed by atoms with van der Waals surface area (Å²) >= 11 is 1.70. The number of aryl methyl sites for hydroxylation is 2. The standard InChI is InChI=1S/C16H25NO2S/c1-12-6-7-14(10-13(12)2)20-9-8-15(19)17(5)16(3,4)11-18/h6-7,10,18H,8-9,11H2,1-5H3. The lowest BCUT2D eigenvalue weighted by Gasteiger charge is -2.34. The van der Waals surface area contributed by atoms with Crippen LogP contribution < -0.4 is 0 Å². The minimum absolute atomic E-state index is 0.0282. The van der Waals surface area contributed by atoms with E-state index < -0.39 is 5.54 Å². The fourth-order valence-electron chi connectivity index (χ4n) is 1.67. The first-order valence-electron chi connectivity index (χ1n) is 6.85. The molecule has 0 saturated heterocycles. The van der Waals surface area contributed by atoms with Crippen molar-refractivity contribution in [1.82, 2.24) is 4.90 Å². The molecule has 0 bridgehead atoms. The minimum atomic E-state index is -0.498. The number of hydrogen-bond donors (Lipinski definition) is 1. The molecule has 0 fully saturated rings. The van der Waals surface area contributed by atoms with Crippen LogP contribution in [-0.2, 0) is 4.79 Å². The van der Waals surface area contributed by atoms with Crippen LogP contribution in [0.5, 0.6) is 0 Å². The third-order valence-corrected chi connectivity index (χ3v) is 4.73. The van der Waals surface area contributed by atoms with Gasteiger partial charge in [-0.2, -0.15) is 0 Å². The highest BCUT2D eigenvalue weighted by molar-refractivity contribution is 7.99. The number of carbonyl (C=O) groups excluding carboxylic acids is 1. The van der Waals surface area contributed by atoms with Crippen molar-refractivity contribution in [3.63, 3.8) is 0 Å². The van der Waals surface area contributed by atoms with Crippen molar-refractivity contribution in [2.45, 2.75) is 44.6 Å². The number of hydrogen-bond acceptors (Lipinski definition) is 3. The number of likely N-dealkylation sites (N-methyl/N-ethyl adjacent to an activating group) is 1. The van der Waals surface area contributed by atoms with Gasteiger partial charge >= 0.3 is 0 Å². The maximum absolute atomic E-state index is 12.1. The number of rotatable bonds is 6. The Morgan fingerprint density at radius 3 is 2.50 bits per heavy atom. The van der Waals surface area contributed by atoms with E-state index in [1.54, 1.807) is 23.7 Å². The van der Waals surface area contributed by atoms with Gasteiger partial charge in [0.15, 0.2) is 0 Å². The van der Waals surface area contributed by atoms with Crippen LogP contribution in [0, 0.1) is 13.8 Å². The van der Waals surface area contributed by atoms with Crippen molar-refractivity contribution in [2.75, 3.05) is 19.4 Å². The molecule has 1 N–H and O–H groups in total. The van der Waals surface area contributed by atoms with E-state index in [0.717, 1.165) is 5.75 Å². The van der Waals surface area contributed by atoms with E-state index in [0.29, 0.717) is 6.42 Å². The van der Waals surface area contributed by atoms with Crippen LogP contribution in [0.3, 0.4) is 0 Å². The van der Waals surface area contributed by atoms with Gasteiger partial charge in [0.25, 0.3) is 0 Å². The Morgan fingerprint density at radius 1 is 1.30 bits per heavy atom. The van der Waals surface area contributed by atoms with E-state index >= 15 is 0 Å². The molecular weight excluding hydrogens is 270 g/mol. The number of thioether (sulfide) groups is 1. The fourth-order valence-corrected chi connectivity index (χ4v) is 2.61. The number of amides is 1. The first kappa shape index (κ1) is 17.1. The molecule has 20 heavy (non-hydrogen) atoms. The normalized spacial score (nSPS) is 11.5. The Hall–Kier alpha value is -1.00. The third-order valence-electron chi connectivity index (χ3n) is 3.73. The van der Waals surface area contributed by atoms with Crippen molar-refractivity contribution >= 4 is 17.7 Å². The van der Waals surface area contributed by atoms with Crippen molar-refractivity contribution in [1.29, 1.82) is 0 Å². The topological polar surface area (TPSA) is 40.5 Å². The van der Waals surface area contributed by atoms with Crippen LogP contribution in [0.15, 0.2) is 23.1 Å². The zero-order valence-corrected chi connectivity index (χ0v) is 13.9. The Bertz CT molecular complexity index is 472. The van der Waals surface area contributed by atoms with Crippen LogP contribution in [-0.4, -0.2) is 40.9 Å². The SMILES string of the molecule is Cc1ccc(SCCC(=O)N(C)C(C)(C)CO)cc1C. The molecule has 0 atom stereocenters. The predicted molar refractivity (Wildman–Crippen MR) is 85.2 cm³/mol. The average Bonchev–Trinajstić information content (AvgIpc) is 2.41. The van der Waals surface area contributed by atoms with E-state index in [4.69, 9.17) is 0 Å². The maximum atomic E-state index is 12.1. The van der Waals surface area contributed by atoms with Crippen LogP contribution in [0.2, 0.25) is 0 Å². The summed E-state index contributed by atoms with van der Waals surface area (Å²) < 4.78 is 0. The monoisotopic (exact) mass is 295 g/mol. The Kier molecular flexibility index (Phi) is 6.08. The molecule has 0 spiro atoms. The van der Waals surface area contributed by atoms with E-state index in [2.05, 4.69) is 32.0 Å². The summed E-state index contributed by atoms with van der Waals surface area (Å²) in [7, 11) is 1.75. The molecule has 0 aromatic heterocycles. The molecule has 1 aromatic rings. The molecule has 0 aliphatic heterocycles. The highest BCUT2D eigenvalue weighted by atomic mass is 32.2.